The molecule has 2 N–H and O–H groups in total. The lowest BCUT2D eigenvalue weighted by atomic mass is 10.0. The number of rotatable bonds is 9. The highest BCUT2D eigenvalue weighted by molar-refractivity contribution is 7.18. The molecule has 38 heavy (non-hydrogen) atoms. The third-order valence-corrected chi connectivity index (χ3v) is 8.06. The van der Waals surface area contributed by atoms with E-state index in [9.17, 15) is 9.59 Å². The van der Waals surface area contributed by atoms with Gasteiger partial charge in [-0.05, 0) is 13.3 Å². The van der Waals surface area contributed by atoms with Crippen LogP contribution in [0.3, 0.4) is 0 Å². The zero-order chi connectivity index (χ0) is 27.4. The molecule has 0 bridgehead atoms. The lowest BCUT2D eigenvalue weighted by Crippen LogP contribution is -2.55. The number of piperidine rings is 1. The minimum Gasteiger partial charge on any atom is -0.437 e. The largest absolute Gasteiger partial charge is 0.514 e. The molecule has 0 spiro atoms. The molecule has 1 aliphatic rings. The Kier molecular flexibility index (Phi) is 9.15. The van der Waals surface area contributed by atoms with Crippen LogP contribution in [0.1, 0.15) is 22.6 Å². The van der Waals surface area contributed by atoms with E-state index in [4.69, 9.17) is 47.1 Å². The number of aromatic nitrogens is 4. The number of carbonyl (C=O) groups excluding carboxylic acids is 2. The number of carbonyl (C=O) groups is 2. The molecule has 2 atom stereocenters. The summed E-state index contributed by atoms with van der Waals surface area (Å²) in [6.07, 6.45) is 2.81. The number of imidazole rings is 1. The zero-order valence-corrected chi connectivity index (χ0v) is 23.6. The number of ether oxygens (including phenoxy) is 4. The van der Waals surface area contributed by atoms with Crippen LogP contribution >= 0.6 is 34.5 Å². The van der Waals surface area contributed by atoms with Crippen molar-refractivity contribution in [3.05, 3.63) is 33.8 Å². The lowest BCUT2D eigenvalue weighted by Gasteiger charge is -2.37. The van der Waals surface area contributed by atoms with Crippen molar-refractivity contribution in [3.63, 3.8) is 0 Å². The third kappa shape index (κ3) is 5.91. The standard InChI is InChI=1S/C23H28Cl2N6O6S/c1-12-15(24)16(25)17(27-12)20(32)28-13-5-7-31(11-14(13)35-3)22-29-18(21(38-22)37-23(33)36-4)19-26-6-8-30(19)9-10-34-2/h6,8,13-14,27H,5,7,9-11H2,1-4H3,(H,28,32)/t13-,14+/m1/s1. The van der Waals surface area contributed by atoms with E-state index < -0.39 is 6.16 Å². The fraction of sp³-hybridized carbons (Fsp3) is 0.478. The monoisotopic (exact) mass is 586 g/mol. The van der Waals surface area contributed by atoms with Crippen LogP contribution in [0.4, 0.5) is 9.93 Å². The van der Waals surface area contributed by atoms with Gasteiger partial charge in [0.15, 0.2) is 16.6 Å². The molecule has 3 aromatic rings. The SMILES string of the molecule is COCCn1ccnc1-c1nc(N2CC[C@@H](NC(=O)c3[nH]c(C)c(Cl)c3Cl)[C@@H](OC)C2)sc1OC(=O)OC. The molecule has 1 saturated heterocycles. The highest BCUT2D eigenvalue weighted by atomic mass is 35.5. The summed E-state index contributed by atoms with van der Waals surface area (Å²) in [4.78, 5) is 39.0. The van der Waals surface area contributed by atoms with E-state index in [1.165, 1.54) is 18.4 Å². The first-order valence-electron chi connectivity index (χ1n) is 11.7. The fourth-order valence-electron chi connectivity index (χ4n) is 4.12. The molecule has 15 heteroatoms. The van der Waals surface area contributed by atoms with E-state index in [2.05, 4.69) is 15.3 Å². The van der Waals surface area contributed by atoms with Crippen LogP contribution in [0.25, 0.3) is 11.5 Å². The summed E-state index contributed by atoms with van der Waals surface area (Å²) in [5.41, 5.74) is 1.24. The number of aromatic amines is 1. The Bertz CT molecular complexity index is 1290. The maximum atomic E-state index is 12.9. The second-order valence-corrected chi connectivity index (χ2v) is 10.2. The van der Waals surface area contributed by atoms with Gasteiger partial charge < -0.3 is 38.7 Å². The summed E-state index contributed by atoms with van der Waals surface area (Å²) in [6, 6.07) is -0.277. The summed E-state index contributed by atoms with van der Waals surface area (Å²) < 4.78 is 22.9. The number of aryl methyl sites for hydroxylation is 1. The van der Waals surface area contributed by atoms with Crippen LogP contribution < -0.4 is 15.0 Å². The lowest BCUT2D eigenvalue weighted by molar-refractivity contribution is 0.0540. The molecule has 0 unspecified atom stereocenters. The van der Waals surface area contributed by atoms with Crippen LogP contribution in [-0.4, -0.2) is 84.8 Å². The van der Waals surface area contributed by atoms with E-state index in [0.29, 0.717) is 60.0 Å². The van der Waals surface area contributed by atoms with Crippen molar-refractivity contribution in [1.29, 1.82) is 0 Å². The molecule has 0 aliphatic carbocycles. The second-order valence-electron chi connectivity index (χ2n) is 8.47. The average Bonchev–Trinajstić information content (AvgIpc) is 3.61. The number of anilines is 1. The van der Waals surface area contributed by atoms with Crippen molar-refractivity contribution in [2.45, 2.75) is 32.0 Å². The third-order valence-electron chi connectivity index (χ3n) is 6.12. The zero-order valence-electron chi connectivity index (χ0n) is 21.2. The molecule has 0 saturated carbocycles. The summed E-state index contributed by atoms with van der Waals surface area (Å²) in [6.45, 7) is 3.75. The number of methoxy groups -OCH3 is 3. The Balaban J connectivity index is 1.54. The van der Waals surface area contributed by atoms with Gasteiger partial charge in [0, 0.05) is 51.9 Å². The van der Waals surface area contributed by atoms with Crippen molar-refractivity contribution in [2.24, 2.45) is 0 Å². The van der Waals surface area contributed by atoms with Gasteiger partial charge in [-0.1, -0.05) is 34.5 Å². The van der Waals surface area contributed by atoms with Gasteiger partial charge in [0.1, 0.15) is 5.69 Å². The van der Waals surface area contributed by atoms with Gasteiger partial charge in [0.25, 0.3) is 5.91 Å². The molecule has 0 radical (unpaired) electrons. The summed E-state index contributed by atoms with van der Waals surface area (Å²) in [5, 5.41) is 4.38. The van der Waals surface area contributed by atoms with Crippen molar-refractivity contribution in [3.8, 4) is 16.6 Å². The van der Waals surface area contributed by atoms with Crippen LogP contribution in [0.5, 0.6) is 5.06 Å². The summed E-state index contributed by atoms with van der Waals surface area (Å²) in [7, 11) is 4.44. The number of nitrogens with one attached hydrogen (secondary N) is 2. The Morgan fingerprint density at radius 2 is 2.05 bits per heavy atom. The molecule has 1 aliphatic heterocycles. The minimum atomic E-state index is -0.856. The number of halogens is 2. The van der Waals surface area contributed by atoms with Crippen molar-refractivity contribution in [2.75, 3.05) is 45.9 Å². The Labute approximate surface area is 233 Å². The first-order valence-corrected chi connectivity index (χ1v) is 13.2. The van der Waals surface area contributed by atoms with Gasteiger partial charge in [-0.2, -0.15) is 0 Å². The predicted molar refractivity (Wildman–Crippen MR) is 143 cm³/mol. The maximum absolute atomic E-state index is 12.9. The van der Waals surface area contributed by atoms with E-state index in [1.54, 1.807) is 33.5 Å². The molecule has 1 amide bonds. The number of hydrogen-bond donors (Lipinski definition) is 2. The minimum absolute atomic E-state index is 0.186. The van der Waals surface area contributed by atoms with E-state index >= 15 is 0 Å². The molecular formula is C23H28Cl2N6O6S. The van der Waals surface area contributed by atoms with Crippen LogP contribution in [0.2, 0.25) is 10.0 Å². The first-order chi connectivity index (χ1) is 18.3. The molecule has 4 heterocycles. The van der Waals surface area contributed by atoms with E-state index in [0.717, 1.165) is 0 Å². The maximum Gasteiger partial charge on any atom is 0.514 e. The number of hydrogen-bond acceptors (Lipinski definition) is 10. The Morgan fingerprint density at radius 1 is 1.26 bits per heavy atom. The summed E-state index contributed by atoms with van der Waals surface area (Å²) >= 11 is 13.5. The Morgan fingerprint density at radius 3 is 2.71 bits per heavy atom. The highest BCUT2D eigenvalue weighted by Gasteiger charge is 2.34. The molecule has 1 fully saturated rings. The van der Waals surface area contributed by atoms with Crippen LogP contribution in [0, 0.1) is 6.92 Å². The average molecular weight is 587 g/mol. The molecule has 12 nitrogen and oxygen atoms in total. The molecule has 0 aromatic carbocycles. The van der Waals surface area contributed by atoms with Crippen LogP contribution in [-0.2, 0) is 20.8 Å². The number of H-pyrrole nitrogens is 1. The summed E-state index contributed by atoms with van der Waals surface area (Å²) in [5.74, 6) is 0.171. The molecular weight excluding hydrogens is 559 g/mol. The molecule has 4 rings (SSSR count). The van der Waals surface area contributed by atoms with Gasteiger partial charge in [-0.25, -0.2) is 14.8 Å². The fourth-order valence-corrected chi connectivity index (χ4v) is 5.48. The number of thiazole rings is 1. The molecule has 206 valence electrons. The Hall–Kier alpha value is -2.84. The van der Waals surface area contributed by atoms with Gasteiger partial charge >= 0.3 is 6.16 Å². The highest BCUT2D eigenvalue weighted by Crippen LogP contribution is 2.40. The molecule has 3 aromatic heterocycles. The first kappa shape index (κ1) is 28.2. The van der Waals surface area contributed by atoms with Gasteiger partial charge in [-0.15, -0.1) is 0 Å². The quantitative estimate of drug-likeness (QED) is 0.359. The predicted octanol–water partition coefficient (Wildman–Crippen LogP) is 3.77. The van der Waals surface area contributed by atoms with Crippen molar-refractivity contribution in [1.82, 2.24) is 24.8 Å². The van der Waals surface area contributed by atoms with Gasteiger partial charge in [-0.3, -0.25) is 4.79 Å². The van der Waals surface area contributed by atoms with Gasteiger partial charge in [0.05, 0.1) is 35.9 Å². The van der Waals surface area contributed by atoms with E-state index in [-0.39, 0.29) is 33.8 Å². The van der Waals surface area contributed by atoms with Crippen molar-refractivity contribution < 1.29 is 28.5 Å². The smallest absolute Gasteiger partial charge is 0.437 e. The van der Waals surface area contributed by atoms with E-state index in [1.807, 2.05) is 9.47 Å². The second kappa shape index (κ2) is 12.3. The van der Waals surface area contributed by atoms with Crippen molar-refractivity contribution >= 4 is 51.7 Å². The number of nitrogens with zero attached hydrogens (tertiary/aromatic N) is 4. The number of amides is 1. The van der Waals surface area contributed by atoms with Crippen LogP contribution in [0.15, 0.2) is 12.4 Å². The topological polar surface area (TPSA) is 133 Å². The normalized spacial score (nSPS) is 17.5. The van der Waals surface area contributed by atoms with Gasteiger partial charge in [0.2, 0.25) is 5.06 Å².